The highest BCUT2D eigenvalue weighted by atomic mass is 32.2. The average Bonchev–Trinajstić information content (AvgIpc) is 3.02. The van der Waals surface area contributed by atoms with Gasteiger partial charge < -0.3 is 10.0 Å². The second-order valence-electron chi connectivity index (χ2n) is 9.22. The maximum absolute atomic E-state index is 13.6. The number of thioether (sulfide) groups is 1. The van der Waals surface area contributed by atoms with E-state index < -0.39 is 5.97 Å². The molecular weight excluding hydrogens is 472 g/mol. The Labute approximate surface area is 207 Å². The van der Waals surface area contributed by atoms with Gasteiger partial charge in [-0.2, -0.15) is 0 Å². The van der Waals surface area contributed by atoms with Crippen LogP contribution in [0.4, 0.5) is 5.82 Å². The number of anilines is 1. The number of nitrogens with zero attached hydrogens (tertiary/aromatic N) is 4. The van der Waals surface area contributed by atoms with Crippen molar-refractivity contribution in [2.45, 2.75) is 40.0 Å². The first-order valence-electron chi connectivity index (χ1n) is 11.4. The first-order chi connectivity index (χ1) is 16.2. The third-order valence-corrected chi connectivity index (χ3v) is 7.53. The molecular formula is C24H28N4O4S2. The molecule has 0 saturated carbocycles. The molecule has 0 aromatic carbocycles. The van der Waals surface area contributed by atoms with Gasteiger partial charge in [-0.3, -0.25) is 23.7 Å². The monoisotopic (exact) mass is 500 g/mol. The Morgan fingerprint density at radius 1 is 1.29 bits per heavy atom. The molecule has 180 valence electrons. The second kappa shape index (κ2) is 9.87. The van der Waals surface area contributed by atoms with Crippen molar-refractivity contribution in [2.24, 2.45) is 11.8 Å². The smallest absolute Gasteiger partial charge is 0.303 e. The quantitative estimate of drug-likeness (QED) is 0.475. The normalized spacial score (nSPS) is 22.3. The van der Waals surface area contributed by atoms with Crippen molar-refractivity contribution >= 4 is 57.7 Å². The van der Waals surface area contributed by atoms with Crippen molar-refractivity contribution in [2.75, 3.05) is 24.5 Å². The van der Waals surface area contributed by atoms with Crippen LogP contribution in [-0.2, 0) is 9.59 Å². The van der Waals surface area contributed by atoms with Gasteiger partial charge in [0.2, 0.25) is 0 Å². The minimum Gasteiger partial charge on any atom is -0.481 e. The molecule has 1 amide bonds. The van der Waals surface area contributed by atoms with Gasteiger partial charge in [0.15, 0.2) is 0 Å². The lowest BCUT2D eigenvalue weighted by atomic mass is 9.91. The molecule has 0 spiro atoms. The van der Waals surface area contributed by atoms with Crippen LogP contribution >= 0.6 is 24.0 Å². The predicted octanol–water partition coefficient (Wildman–Crippen LogP) is 3.55. The summed E-state index contributed by atoms with van der Waals surface area (Å²) >= 11 is 6.51. The van der Waals surface area contributed by atoms with Crippen molar-refractivity contribution in [1.29, 1.82) is 0 Å². The molecule has 2 atom stereocenters. The molecule has 4 rings (SSSR count). The Hall–Kier alpha value is -2.72. The molecule has 34 heavy (non-hydrogen) atoms. The molecule has 1 N–H and O–H groups in total. The summed E-state index contributed by atoms with van der Waals surface area (Å²) < 4.78 is 1.89. The summed E-state index contributed by atoms with van der Waals surface area (Å²) in [6, 6.07) is 3.73. The van der Waals surface area contributed by atoms with Crippen molar-refractivity contribution in [3.05, 3.63) is 44.7 Å². The molecule has 2 aliphatic heterocycles. The summed E-state index contributed by atoms with van der Waals surface area (Å²) in [6.07, 6.45) is 4.69. The largest absolute Gasteiger partial charge is 0.481 e. The van der Waals surface area contributed by atoms with E-state index in [4.69, 9.17) is 22.3 Å². The van der Waals surface area contributed by atoms with E-state index in [9.17, 15) is 14.4 Å². The van der Waals surface area contributed by atoms with E-state index in [0.717, 1.165) is 36.8 Å². The minimum absolute atomic E-state index is 0.0408. The molecule has 8 nitrogen and oxygen atoms in total. The first kappa shape index (κ1) is 24.4. The number of carbonyl (C=O) groups is 2. The van der Waals surface area contributed by atoms with E-state index in [-0.39, 0.29) is 24.4 Å². The molecule has 2 saturated heterocycles. The summed E-state index contributed by atoms with van der Waals surface area (Å²) in [7, 11) is 0. The number of hydrogen-bond donors (Lipinski definition) is 1. The standard InChI is InChI=1S/C24H28N4O4S2/c1-14-10-15(2)13-26(12-14)21-17(22(31)27-8-4-6-16(3)20(27)25-21)11-18-23(32)28(24(33)34-18)9-5-7-19(29)30/h4,6,8,11,14-15H,5,7,9-10,12-13H2,1-3H3,(H,29,30). The number of aryl methyl sites for hydroxylation is 1. The Kier molecular flexibility index (Phi) is 7.09. The third-order valence-electron chi connectivity index (χ3n) is 6.15. The fourth-order valence-corrected chi connectivity index (χ4v) is 6.01. The van der Waals surface area contributed by atoms with Gasteiger partial charge in [0.05, 0.1) is 10.5 Å². The highest BCUT2D eigenvalue weighted by Crippen LogP contribution is 2.34. The number of rotatable bonds is 6. The summed E-state index contributed by atoms with van der Waals surface area (Å²) in [6.45, 7) is 8.13. The topological polar surface area (TPSA) is 95.2 Å². The van der Waals surface area contributed by atoms with Gasteiger partial charge >= 0.3 is 5.97 Å². The Morgan fingerprint density at radius 2 is 2.00 bits per heavy atom. The minimum atomic E-state index is -0.916. The number of thiocarbonyl (C=S) groups is 1. The lowest BCUT2D eigenvalue weighted by molar-refractivity contribution is -0.137. The van der Waals surface area contributed by atoms with E-state index >= 15 is 0 Å². The van der Waals surface area contributed by atoms with Crippen LogP contribution < -0.4 is 10.5 Å². The molecule has 4 heterocycles. The molecule has 0 bridgehead atoms. The number of carboxylic acids is 1. The molecule has 0 aliphatic carbocycles. The van der Waals surface area contributed by atoms with Crippen LogP contribution in [0.3, 0.4) is 0 Å². The SMILES string of the molecule is Cc1cccn2c(=O)c(C=C3SC(=S)N(CCCC(=O)O)C3=O)c(N3CC(C)CC(C)C3)nc12. The van der Waals surface area contributed by atoms with Gasteiger partial charge in [0.1, 0.15) is 15.8 Å². The molecule has 2 aliphatic rings. The highest BCUT2D eigenvalue weighted by molar-refractivity contribution is 8.26. The second-order valence-corrected chi connectivity index (χ2v) is 10.9. The third kappa shape index (κ3) is 4.88. The molecule has 2 unspecified atom stereocenters. The van der Waals surface area contributed by atoms with E-state index in [1.807, 2.05) is 19.1 Å². The number of pyridine rings is 1. The maximum atomic E-state index is 13.6. The van der Waals surface area contributed by atoms with E-state index in [0.29, 0.717) is 44.5 Å². The first-order valence-corrected chi connectivity index (χ1v) is 12.6. The van der Waals surface area contributed by atoms with Crippen molar-refractivity contribution in [3.8, 4) is 0 Å². The van der Waals surface area contributed by atoms with Gasteiger partial charge in [-0.1, -0.05) is 43.9 Å². The number of amides is 1. The number of hydrogen-bond acceptors (Lipinski definition) is 7. The lowest BCUT2D eigenvalue weighted by Gasteiger charge is -2.36. The van der Waals surface area contributed by atoms with Crippen LogP contribution in [0.15, 0.2) is 28.0 Å². The van der Waals surface area contributed by atoms with Crippen LogP contribution in [0.5, 0.6) is 0 Å². The number of fused-ring (bicyclic) bond motifs is 1. The molecule has 0 radical (unpaired) electrons. The molecule has 2 aromatic heterocycles. The van der Waals surface area contributed by atoms with Gasteiger partial charge in [-0.25, -0.2) is 4.98 Å². The summed E-state index contributed by atoms with van der Waals surface area (Å²) in [4.78, 5) is 46.4. The van der Waals surface area contributed by atoms with Gasteiger partial charge in [-0.15, -0.1) is 0 Å². The van der Waals surface area contributed by atoms with Crippen molar-refractivity contribution < 1.29 is 14.7 Å². The fourth-order valence-electron chi connectivity index (χ4n) is 4.72. The zero-order chi connectivity index (χ0) is 24.6. The fraction of sp³-hybridized carbons (Fsp3) is 0.458. The Morgan fingerprint density at radius 3 is 2.68 bits per heavy atom. The van der Waals surface area contributed by atoms with Gasteiger partial charge in [-0.05, 0) is 49.3 Å². The zero-order valence-electron chi connectivity index (χ0n) is 19.5. The average molecular weight is 501 g/mol. The number of aromatic nitrogens is 2. The lowest BCUT2D eigenvalue weighted by Crippen LogP contribution is -2.40. The summed E-state index contributed by atoms with van der Waals surface area (Å²) in [5, 5.41) is 8.89. The Balaban J connectivity index is 1.78. The van der Waals surface area contributed by atoms with Crippen molar-refractivity contribution in [3.63, 3.8) is 0 Å². The maximum Gasteiger partial charge on any atom is 0.303 e. The molecule has 2 fully saturated rings. The van der Waals surface area contributed by atoms with Crippen LogP contribution in [-0.4, -0.2) is 55.2 Å². The summed E-state index contributed by atoms with van der Waals surface area (Å²) in [5.41, 5.74) is 1.64. The van der Waals surface area contributed by atoms with Crippen LogP contribution in [0, 0.1) is 18.8 Å². The zero-order valence-corrected chi connectivity index (χ0v) is 21.1. The number of aliphatic carboxylic acids is 1. The number of carbonyl (C=O) groups excluding carboxylic acids is 1. The molecule has 2 aromatic rings. The van der Waals surface area contributed by atoms with Gasteiger partial charge in [0.25, 0.3) is 11.5 Å². The summed E-state index contributed by atoms with van der Waals surface area (Å²) in [5.74, 6) is 0.290. The van der Waals surface area contributed by atoms with Gasteiger partial charge in [0, 0.05) is 32.3 Å². The Bertz CT molecular complexity index is 1250. The van der Waals surface area contributed by atoms with Crippen LogP contribution in [0.1, 0.15) is 44.2 Å². The molecule has 10 heteroatoms. The van der Waals surface area contributed by atoms with E-state index in [1.54, 1.807) is 12.3 Å². The predicted molar refractivity (Wildman–Crippen MR) is 138 cm³/mol. The van der Waals surface area contributed by atoms with Crippen LogP contribution in [0.25, 0.3) is 11.7 Å². The highest BCUT2D eigenvalue weighted by Gasteiger charge is 2.33. The van der Waals surface area contributed by atoms with Crippen molar-refractivity contribution in [1.82, 2.24) is 14.3 Å². The van der Waals surface area contributed by atoms with Crippen LogP contribution in [0.2, 0.25) is 0 Å². The number of carboxylic acid groups (broad SMARTS) is 1. The van der Waals surface area contributed by atoms with E-state index in [1.165, 1.54) is 9.30 Å². The number of piperidine rings is 1. The van der Waals surface area contributed by atoms with E-state index in [2.05, 4.69) is 18.7 Å².